The summed E-state index contributed by atoms with van der Waals surface area (Å²) in [5.41, 5.74) is 0.386. The van der Waals surface area contributed by atoms with Crippen molar-refractivity contribution in [3.63, 3.8) is 0 Å². The van der Waals surface area contributed by atoms with E-state index in [0.29, 0.717) is 21.5 Å². The largest absolute Gasteiger partial charge is 0.352 e. The van der Waals surface area contributed by atoms with Crippen molar-refractivity contribution in [2.45, 2.75) is 32.1 Å². The van der Waals surface area contributed by atoms with E-state index in [4.69, 9.17) is 23.2 Å². The first kappa shape index (κ1) is 13.7. The standard InChI is InChI=1S/C14H17Cl2NO/c15-11-7-4-8-12(16)13(11)14(18)17-9-10-5-2-1-3-6-10/h4,7-8,10H,1-3,5-6,9H2,(H,17,18). The summed E-state index contributed by atoms with van der Waals surface area (Å²) in [6.07, 6.45) is 6.27. The van der Waals surface area contributed by atoms with Crippen molar-refractivity contribution < 1.29 is 4.79 Å². The van der Waals surface area contributed by atoms with Gasteiger partial charge < -0.3 is 5.32 Å². The van der Waals surface area contributed by atoms with E-state index >= 15 is 0 Å². The summed E-state index contributed by atoms with van der Waals surface area (Å²) in [4.78, 5) is 12.0. The normalized spacial score (nSPS) is 16.6. The second kappa shape index (κ2) is 6.44. The Morgan fingerprint density at radius 1 is 1.17 bits per heavy atom. The highest BCUT2D eigenvalue weighted by Crippen LogP contribution is 2.25. The Morgan fingerprint density at radius 2 is 1.78 bits per heavy atom. The average molecular weight is 286 g/mol. The molecule has 18 heavy (non-hydrogen) atoms. The SMILES string of the molecule is O=C(NCC1CCCCC1)c1c(Cl)cccc1Cl. The van der Waals surface area contributed by atoms with Gasteiger partial charge in [0.15, 0.2) is 0 Å². The molecule has 0 saturated heterocycles. The number of carbonyl (C=O) groups is 1. The molecule has 2 rings (SSSR count). The van der Waals surface area contributed by atoms with E-state index in [1.165, 1.54) is 32.1 Å². The van der Waals surface area contributed by atoms with E-state index in [0.717, 1.165) is 6.54 Å². The molecule has 1 aliphatic rings. The smallest absolute Gasteiger partial charge is 0.254 e. The van der Waals surface area contributed by atoms with Crippen molar-refractivity contribution in [1.82, 2.24) is 5.32 Å². The van der Waals surface area contributed by atoms with E-state index in [9.17, 15) is 4.79 Å². The molecule has 98 valence electrons. The van der Waals surface area contributed by atoms with Gasteiger partial charge in [0.2, 0.25) is 0 Å². The van der Waals surface area contributed by atoms with Gasteiger partial charge in [-0.3, -0.25) is 4.79 Å². The molecule has 0 aliphatic heterocycles. The van der Waals surface area contributed by atoms with Gasteiger partial charge in [-0.05, 0) is 30.9 Å². The van der Waals surface area contributed by atoms with Gasteiger partial charge in [0, 0.05) is 6.54 Å². The van der Waals surface area contributed by atoms with E-state index in [2.05, 4.69) is 5.32 Å². The number of halogens is 2. The molecule has 1 fully saturated rings. The van der Waals surface area contributed by atoms with Crippen LogP contribution in [0.1, 0.15) is 42.5 Å². The summed E-state index contributed by atoms with van der Waals surface area (Å²) in [5, 5.41) is 3.75. The molecule has 1 aliphatic carbocycles. The predicted octanol–water partition coefficient (Wildman–Crippen LogP) is 4.30. The first-order chi connectivity index (χ1) is 8.68. The minimum atomic E-state index is -0.170. The Morgan fingerprint density at radius 3 is 2.39 bits per heavy atom. The molecule has 1 aromatic rings. The highest BCUT2D eigenvalue weighted by atomic mass is 35.5. The van der Waals surface area contributed by atoms with Crippen molar-refractivity contribution in [2.75, 3.05) is 6.54 Å². The molecule has 4 heteroatoms. The Hall–Kier alpha value is -0.730. The number of hydrogen-bond acceptors (Lipinski definition) is 1. The minimum absolute atomic E-state index is 0.170. The molecular weight excluding hydrogens is 269 g/mol. The zero-order valence-electron chi connectivity index (χ0n) is 10.2. The number of amides is 1. The summed E-state index contributed by atoms with van der Waals surface area (Å²) in [5.74, 6) is 0.431. The van der Waals surface area contributed by atoms with Gasteiger partial charge in [-0.25, -0.2) is 0 Å². The summed E-state index contributed by atoms with van der Waals surface area (Å²) in [6, 6.07) is 5.11. The van der Waals surface area contributed by atoms with Crippen LogP contribution < -0.4 is 5.32 Å². The first-order valence-electron chi connectivity index (χ1n) is 6.40. The average Bonchev–Trinajstić information content (AvgIpc) is 2.37. The molecule has 1 amide bonds. The van der Waals surface area contributed by atoms with Gasteiger partial charge in [-0.1, -0.05) is 48.5 Å². The van der Waals surface area contributed by atoms with E-state index in [1.807, 2.05) is 0 Å². The van der Waals surface area contributed by atoms with Gasteiger partial charge in [0.05, 0.1) is 15.6 Å². The molecule has 1 aromatic carbocycles. The van der Waals surface area contributed by atoms with Crippen LogP contribution >= 0.6 is 23.2 Å². The molecule has 0 unspecified atom stereocenters. The van der Waals surface area contributed by atoms with E-state index in [-0.39, 0.29) is 5.91 Å². The number of nitrogens with one attached hydrogen (secondary N) is 1. The number of benzene rings is 1. The maximum Gasteiger partial charge on any atom is 0.254 e. The van der Waals surface area contributed by atoms with Crippen LogP contribution in [0.5, 0.6) is 0 Å². The Kier molecular flexibility index (Phi) is 4.90. The molecule has 0 spiro atoms. The monoisotopic (exact) mass is 285 g/mol. The summed E-state index contributed by atoms with van der Waals surface area (Å²) in [6.45, 7) is 0.723. The van der Waals surface area contributed by atoms with Crippen molar-refractivity contribution in [1.29, 1.82) is 0 Å². The highest BCUT2D eigenvalue weighted by Gasteiger charge is 2.17. The lowest BCUT2D eigenvalue weighted by atomic mass is 9.89. The summed E-state index contributed by atoms with van der Waals surface area (Å²) >= 11 is 12.0. The molecule has 0 bridgehead atoms. The fourth-order valence-corrected chi connectivity index (χ4v) is 3.00. The van der Waals surface area contributed by atoms with Crippen LogP contribution in [0.2, 0.25) is 10.0 Å². The number of carbonyl (C=O) groups excluding carboxylic acids is 1. The lowest BCUT2D eigenvalue weighted by molar-refractivity contribution is 0.0944. The maximum atomic E-state index is 12.0. The molecule has 0 heterocycles. The molecule has 1 N–H and O–H groups in total. The first-order valence-corrected chi connectivity index (χ1v) is 7.16. The third-order valence-electron chi connectivity index (χ3n) is 3.47. The molecular formula is C14H17Cl2NO. The van der Waals surface area contributed by atoms with Crippen LogP contribution in [0.15, 0.2) is 18.2 Å². The van der Waals surface area contributed by atoms with Crippen molar-refractivity contribution in [3.8, 4) is 0 Å². The van der Waals surface area contributed by atoms with Crippen LogP contribution in [0, 0.1) is 5.92 Å². The fourth-order valence-electron chi connectivity index (χ4n) is 2.43. The summed E-state index contributed by atoms with van der Waals surface area (Å²) < 4.78 is 0. The van der Waals surface area contributed by atoms with Crippen LogP contribution in [0.3, 0.4) is 0 Å². The Labute approximate surface area is 118 Å². The zero-order valence-corrected chi connectivity index (χ0v) is 11.7. The quantitative estimate of drug-likeness (QED) is 0.881. The van der Waals surface area contributed by atoms with Crippen LogP contribution in [0.25, 0.3) is 0 Å². The maximum absolute atomic E-state index is 12.0. The second-order valence-corrected chi connectivity index (χ2v) is 5.63. The van der Waals surface area contributed by atoms with Crippen LogP contribution in [0.4, 0.5) is 0 Å². The van der Waals surface area contributed by atoms with Gasteiger partial charge in [-0.2, -0.15) is 0 Å². The molecule has 1 saturated carbocycles. The lowest BCUT2D eigenvalue weighted by Crippen LogP contribution is -2.30. The third kappa shape index (κ3) is 3.39. The van der Waals surface area contributed by atoms with Gasteiger partial charge in [-0.15, -0.1) is 0 Å². The van der Waals surface area contributed by atoms with Gasteiger partial charge in [0.25, 0.3) is 5.91 Å². The zero-order chi connectivity index (χ0) is 13.0. The predicted molar refractivity (Wildman–Crippen MR) is 75.4 cm³/mol. The van der Waals surface area contributed by atoms with E-state index < -0.39 is 0 Å². The highest BCUT2D eigenvalue weighted by molar-refractivity contribution is 6.39. The second-order valence-electron chi connectivity index (χ2n) is 4.81. The van der Waals surface area contributed by atoms with Crippen LogP contribution in [-0.4, -0.2) is 12.5 Å². The van der Waals surface area contributed by atoms with E-state index in [1.54, 1.807) is 18.2 Å². The Bertz CT molecular complexity index is 408. The molecule has 0 aromatic heterocycles. The number of rotatable bonds is 3. The van der Waals surface area contributed by atoms with Crippen LogP contribution in [-0.2, 0) is 0 Å². The molecule has 0 radical (unpaired) electrons. The van der Waals surface area contributed by atoms with Gasteiger partial charge in [0.1, 0.15) is 0 Å². The Balaban J connectivity index is 1.95. The minimum Gasteiger partial charge on any atom is -0.352 e. The summed E-state index contributed by atoms with van der Waals surface area (Å²) in [7, 11) is 0. The van der Waals surface area contributed by atoms with Gasteiger partial charge >= 0.3 is 0 Å². The van der Waals surface area contributed by atoms with Crippen molar-refractivity contribution in [2.24, 2.45) is 5.92 Å². The number of hydrogen-bond donors (Lipinski definition) is 1. The topological polar surface area (TPSA) is 29.1 Å². The molecule has 2 nitrogen and oxygen atoms in total. The molecule has 0 atom stereocenters. The lowest BCUT2D eigenvalue weighted by Gasteiger charge is -2.21. The van der Waals surface area contributed by atoms with Crippen molar-refractivity contribution in [3.05, 3.63) is 33.8 Å². The van der Waals surface area contributed by atoms with Crippen molar-refractivity contribution >= 4 is 29.1 Å². The fraction of sp³-hybridized carbons (Fsp3) is 0.500. The third-order valence-corrected chi connectivity index (χ3v) is 4.10.